The topological polar surface area (TPSA) is 62.0 Å². The maximum absolute atomic E-state index is 14.8. The van der Waals surface area contributed by atoms with Crippen molar-refractivity contribution in [2.75, 3.05) is 54.0 Å². The molecule has 1 unspecified atom stereocenters. The van der Waals surface area contributed by atoms with E-state index in [0.29, 0.717) is 17.9 Å². The number of hydrogen-bond acceptors (Lipinski definition) is 5. The molecule has 2 fully saturated rings. The Labute approximate surface area is 157 Å². The van der Waals surface area contributed by atoms with E-state index in [0.717, 1.165) is 26.2 Å². The van der Waals surface area contributed by atoms with Crippen LogP contribution < -0.4 is 20.4 Å². The van der Waals surface area contributed by atoms with Crippen LogP contribution in [0.5, 0.6) is 0 Å². The first kappa shape index (κ1) is 17.6. The number of ether oxygens (including phenoxy) is 1. The number of cyclic esters (lactones) is 1. The fourth-order valence-electron chi connectivity index (χ4n) is 3.62. The second-order valence-corrected chi connectivity index (χ2v) is 6.80. The molecular formula is C20H23FN4O2. The van der Waals surface area contributed by atoms with E-state index in [1.165, 1.54) is 16.7 Å². The summed E-state index contributed by atoms with van der Waals surface area (Å²) in [7, 11) is 0. The molecule has 4 rings (SSSR count). The van der Waals surface area contributed by atoms with Gasteiger partial charge in [0.2, 0.25) is 0 Å². The molecule has 0 aromatic heterocycles. The summed E-state index contributed by atoms with van der Waals surface area (Å²) in [6.45, 7) is 3.76. The second-order valence-electron chi connectivity index (χ2n) is 6.80. The summed E-state index contributed by atoms with van der Waals surface area (Å²) < 4.78 is 19.9. The van der Waals surface area contributed by atoms with Crippen molar-refractivity contribution in [2.24, 2.45) is 5.73 Å². The highest BCUT2D eigenvalue weighted by molar-refractivity contribution is 5.90. The van der Waals surface area contributed by atoms with Crippen molar-refractivity contribution in [3.63, 3.8) is 0 Å². The maximum atomic E-state index is 14.8. The Bertz CT molecular complexity index is 809. The number of amides is 1. The number of hydrogen-bond donors (Lipinski definition) is 1. The van der Waals surface area contributed by atoms with E-state index >= 15 is 0 Å². The lowest BCUT2D eigenvalue weighted by Crippen LogP contribution is -2.46. The summed E-state index contributed by atoms with van der Waals surface area (Å²) in [6, 6.07) is 15.1. The zero-order valence-corrected chi connectivity index (χ0v) is 15.1. The van der Waals surface area contributed by atoms with Gasteiger partial charge in [-0.3, -0.25) is 4.90 Å². The third kappa shape index (κ3) is 3.55. The van der Waals surface area contributed by atoms with E-state index < -0.39 is 6.09 Å². The van der Waals surface area contributed by atoms with Crippen molar-refractivity contribution in [2.45, 2.75) is 6.10 Å². The summed E-state index contributed by atoms with van der Waals surface area (Å²) in [5, 5.41) is 0. The quantitative estimate of drug-likeness (QED) is 0.896. The zero-order chi connectivity index (χ0) is 18.8. The number of piperazine rings is 1. The van der Waals surface area contributed by atoms with Crippen LogP contribution in [0, 0.1) is 5.82 Å². The Kier molecular flexibility index (Phi) is 4.85. The first-order chi connectivity index (χ1) is 13.2. The van der Waals surface area contributed by atoms with Crippen LogP contribution in [0.4, 0.5) is 26.2 Å². The molecule has 2 aliphatic heterocycles. The monoisotopic (exact) mass is 370 g/mol. The van der Waals surface area contributed by atoms with E-state index in [9.17, 15) is 9.18 Å². The third-order valence-corrected chi connectivity index (χ3v) is 5.12. The van der Waals surface area contributed by atoms with E-state index in [2.05, 4.69) is 17.0 Å². The van der Waals surface area contributed by atoms with Gasteiger partial charge in [0.1, 0.15) is 11.9 Å². The molecule has 1 atom stereocenters. The van der Waals surface area contributed by atoms with Crippen LogP contribution in [0.15, 0.2) is 48.5 Å². The number of nitrogens with zero attached hydrogens (tertiary/aromatic N) is 3. The highest BCUT2D eigenvalue weighted by Crippen LogP contribution is 2.29. The fourth-order valence-corrected chi connectivity index (χ4v) is 3.62. The average molecular weight is 370 g/mol. The van der Waals surface area contributed by atoms with E-state index in [4.69, 9.17) is 10.5 Å². The standard InChI is InChI=1S/C20H23FN4O2/c21-18-12-16(25-14-17(13-22)27-20(25)26)6-7-19(18)24-10-8-23(9-11-24)15-4-2-1-3-5-15/h1-7,12,17H,8-11,13-14,22H2. The maximum Gasteiger partial charge on any atom is 0.414 e. The van der Waals surface area contributed by atoms with Gasteiger partial charge in [-0.1, -0.05) is 18.2 Å². The normalized spacial score (nSPS) is 20.1. The highest BCUT2D eigenvalue weighted by Gasteiger charge is 2.32. The Hall–Kier alpha value is -2.80. The molecule has 2 N–H and O–H groups in total. The molecule has 2 heterocycles. The van der Waals surface area contributed by atoms with Crippen LogP contribution in [0.25, 0.3) is 0 Å². The first-order valence-corrected chi connectivity index (χ1v) is 9.18. The zero-order valence-electron chi connectivity index (χ0n) is 15.1. The van der Waals surface area contributed by atoms with Crippen LogP contribution in [-0.2, 0) is 4.74 Å². The number of anilines is 3. The summed E-state index contributed by atoms with van der Waals surface area (Å²) in [5.74, 6) is -0.329. The number of benzene rings is 2. The number of rotatable bonds is 4. The van der Waals surface area contributed by atoms with E-state index in [1.54, 1.807) is 12.1 Å². The van der Waals surface area contributed by atoms with Crippen LogP contribution >= 0.6 is 0 Å². The van der Waals surface area contributed by atoms with Gasteiger partial charge in [-0.25, -0.2) is 9.18 Å². The van der Waals surface area contributed by atoms with Crippen molar-refractivity contribution >= 4 is 23.2 Å². The SMILES string of the molecule is NCC1CN(c2ccc(N3CCN(c4ccccc4)CC3)c(F)c2)C(=O)O1. The van der Waals surface area contributed by atoms with E-state index in [-0.39, 0.29) is 18.5 Å². The number of nitrogens with two attached hydrogens (primary N) is 1. The minimum Gasteiger partial charge on any atom is -0.443 e. The molecule has 2 aliphatic rings. The average Bonchev–Trinajstić information content (AvgIpc) is 3.10. The molecule has 0 spiro atoms. The summed E-state index contributed by atoms with van der Waals surface area (Å²) in [5.41, 5.74) is 7.81. The summed E-state index contributed by atoms with van der Waals surface area (Å²) in [6.07, 6.45) is -0.819. The molecule has 0 radical (unpaired) electrons. The van der Waals surface area contributed by atoms with Gasteiger partial charge >= 0.3 is 6.09 Å². The van der Waals surface area contributed by atoms with Gasteiger partial charge in [0.25, 0.3) is 0 Å². The van der Waals surface area contributed by atoms with Gasteiger partial charge < -0.3 is 20.3 Å². The molecular weight excluding hydrogens is 347 g/mol. The predicted octanol–water partition coefficient (Wildman–Crippen LogP) is 2.44. The molecule has 1 amide bonds. The Morgan fingerprint density at radius 3 is 2.33 bits per heavy atom. The minimum absolute atomic E-state index is 0.258. The number of para-hydroxylation sites is 1. The van der Waals surface area contributed by atoms with Crippen molar-refractivity contribution in [3.05, 3.63) is 54.3 Å². The first-order valence-electron chi connectivity index (χ1n) is 9.18. The number of carbonyl (C=O) groups excluding carboxylic acids is 1. The van der Waals surface area contributed by atoms with Crippen LogP contribution in [0.1, 0.15) is 0 Å². The predicted molar refractivity (Wildman–Crippen MR) is 104 cm³/mol. The number of halogens is 1. The van der Waals surface area contributed by atoms with Crippen molar-refractivity contribution in [1.82, 2.24) is 0 Å². The lowest BCUT2D eigenvalue weighted by atomic mass is 10.2. The van der Waals surface area contributed by atoms with Crippen molar-refractivity contribution in [1.29, 1.82) is 0 Å². The van der Waals surface area contributed by atoms with Crippen molar-refractivity contribution < 1.29 is 13.9 Å². The fraction of sp³-hybridized carbons (Fsp3) is 0.350. The Balaban J connectivity index is 1.44. The Morgan fingerprint density at radius 2 is 1.70 bits per heavy atom. The van der Waals surface area contributed by atoms with Gasteiger partial charge in [-0.2, -0.15) is 0 Å². The summed E-state index contributed by atoms with van der Waals surface area (Å²) in [4.78, 5) is 17.7. The van der Waals surface area contributed by atoms with Gasteiger partial charge in [-0.15, -0.1) is 0 Å². The van der Waals surface area contributed by atoms with Crippen LogP contribution in [-0.4, -0.2) is 51.5 Å². The lowest BCUT2D eigenvalue weighted by Gasteiger charge is -2.37. The molecule has 27 heavy (non-hydrogen) atoms. The highest BCUT2D eigenvalue weighted by atomic mass is 19.1. The third-order valence-electron chi connectivity index (χ3n) is 5.12. The molecule has 0 aliphatic carbocycles. The molecule has 142 valence electrons. The number of carbonyl (C=O) groups is 1. The molecule has 0 bridgehead atoms. The second kappa shape index (κ2) is 7.44. The van der Waals surface area contributed by atoms with Crippen LogP contribution in [0.2, 0.25) is 0 Å². The smallest absolute Gasteiger partial charge is 0.414 e. The van der Waals surface area contributed by atoms with Gasteiger partial charge in [0.15, 0.2) is 0 Å². The summed E-state index contributed by atoms with van der Waals surface area (Å²) >= 11 is 0. The van der Waals surface area contributed by atoms with E-state index in [1.807, 2.05) is 23.1 Å². The molecule has 6 nitrogen and oxygen atoms in total. The van der Waals surface area contributed by atoms with Gasteiger partial charge in [-0.05, 0) is 30.3 Å². The molecule has 2 aromatic carbocycles. The largest absolute Gasteiger partial charge is 0.443 e. The van der Waals surface area contributed by atoms with Crippen LogP contribution in [0.3, 0.4) is 0 Å². The molecule has 2 aromatic rings. The molecule has 2 saturated heterocycles. The van der Waals surface area contributed by atoms with Gasteiger partial charge in [0.05, 0.1) is 17.9 Å². The minimum atomic E-state index is -0.478. The lowest BCUT2D eigenvalue weighted by molar-refractivity contribution is 0.145. The Morgan fingerprint density at radius 1 is 1.00 bits per heavy atom. The van der Waals surface area contributed by atoms with Gasteiger partial charge in [0, 0.05) is 38.4 Å². The molecule has 0 saturated carbocycles. The van der Waals surface area contributed by atoms with Crippen molar-refractivity contribution in [3.8, 4) is 0 Å². The molecule has 7 heteroatoms.